The van der Waals surface area contributed by atoms with Crippen molar-refractivity contribution < 1.29 is 19.1 Å². The zero-order valence-corrected chi connectivity index (χ0v) is 15.4. The number of esters is 1. The highest BCUT2D eigenvalue weighted by Crippen LogP contribution is 2.21. The van der Waals surface area contributed by atoms with Gasteiger partial charge in [-0.2, -0.15) is 0 Å². The van der Waals surface area contributed by atoms with Crippen LogP contribution in [0.2, 0.25) is 0 Å². The number of hydrogen-bond acceptors (Lipinski definition) is 4. The largest absolute Gasteiger partial charge is 0.482 e. The molecule has 0 heterocycles. The molecule has 0 bridgehead atoms. The summed E-state index contributed by atoms with van der Waals surface area (Å²) >= 11 is 0. The molecule has 142 valence electrons. The van der Waals surface area contributed by atoms with Gasteiger partial charge in [0.05, 0.1) is 0 Å². The van der Waals surface area contributed by atoms with Gasteiger partial charge in [0.25, 0.3) is 5.91 Å². The van der Waals surface area contributed by atoms with E-state index in [9.17, 15) is 9.59 Å². The number of ether oxygens (including phenoxy) is 2. The summed E-state index contributed by atoms with van der Waals surface area (Å²) in [5, 5.41) is 2.89. The Morgan fingerprint density at radius 3 is 2.41 bits per heavy atom. The van der Waals surface area contributed by atoms with Crippen LogP contribution >= 0.6 is 0 Å². The van der Waals surface area contributed by atoms with Crippen LogP contribution in [0, 0.1) is 0 Å². The quantitative estimate of drug-likeness (QED) is 0.728. The second-order valence-electron chi connectivity index (χ2n) is 6.77. The number of carbonyl (C=O) groups is 2. The number of amides is 1. The molecule has 0 saturated heterocycles. The Labute approximate surface area is 159 Å². The van der Waals surface area contributed by atoms with E-state index in [1.54, 1.807) is 0 Å². The van der Waals surface area contributed by atoms with Gasteiger partial charge in [0.1, 0.15) is 5.75 Å². The Hall–Kier alpha value is -2.82. The molecule has 5 heteroatoms. The van der Waals surface area contributed by atoms with E-state index in [1.807, 2.05) is 54.6 Å². The van der Waals surface area contributed by atoms with Gasteiger partial charge in [0.15, 0.2) is 13.2 Å². The average molecular weight is 367 g/mol. The van der Waals surface area contributed by atoms with Crippen LogP contribution in [0.5, 0.6) is 5.75 Å². The first-order chi connectivity index (χ1) is 13.2. The predicted molar refractivity (Wildman–Crippen MR) is 103 cm³/mol. The minimum Gasteiger partial charge on any atom is -0.482 e. The highest BCUT2D eigenvalue weighted by molar-refractivity contribution is 5.81. The van der Waals surface area contributed by atoms with Crippen LogP contribution in [0.1, 0.15) is 36.8 Å². The normalized spacial score (nSPS) is 13.9. The molecule has 1 fully saturated rings. The number of hydrogen-bond donors (Lipinski definition) is 1. The molecule has 0 unspecified atom stereocenters. The van der Waals surface area contributed by atoms with Crippen molar-refractivity contribution in [2.45, 2.75) is 38.1 Å². The molecule has 27 heavy (non-hydrogen) atoms. The third-order valence-electron chi connectivity index (χ3n) is 4.64. The lowest BCUT2D eigenvalue weighted by Crippen LogP contribution is -2.36. The van der Waals surface area contributed by atoms with Gasteiger partial charge in [0, 0.05) is 12.5 Å². The summed E-state index contributed by atoms with van der Waals surface area (Å²) < 4.78 is 10.6. The highest BCUT2D eigenvalue weighted by atomic mass is 16.6. The lowest BCUT2D eigenvalue weighted by molar-refractivity contribution is -0.150. The Bertz CT molecular complexity index is 754. The average Bonchev–Trinajstić information content (AvgIpc) is 3.19. The lowest BCUT2D eigenvalue weighted by Gasteiger charge is -2.13. The second-order valence-corrected chi connectivity index (χ2v) is 6.77. The van der Waals surface area contributed by atoms with E-state index in [0.717, 1.165) is 37.7 Å². The molecule has 0 atom stereocenters. The lowest BCUT2D eigenvalue weighted by atomic mass is 10.0. The summed E-state index contributed by atoms with van der Waals surface area (Å²) in [5.41, 5.74) is 2.16. The fraction of sp³-hybridized carbons (Fsp3) is 0.364. The maximum Gasteiger partial charge on any atom is 0.344 e. The first-order valence-corrected chi connectivity index (χ1v) is 9.40. The minimum atomic E-state index is -0.550. The summed E-state index contributed by atoms with van der Waals surface area (Å²) in [6.07, 6.45) is 5.00. The van der Waals surface area contributed by atoms with E-state index >= 15 is 0 Å². The predicted octanol–water partition coefficient (Wildman–Crippen LogP) is 3.26. The van der Waals surface area contributed by atoms with Gasteiger partial charge in [-0.25, -0.2) is 4.79 Å². The van der Waals surface area contributed by atoms with Crippen molar-refractivity contribution in [3.05, 3.63) is 65.7 Å². The van der Waals surface area contributed by atoms with E-state index < -0.39 is 5.97 Å². The molecule has 0 aliphatic heterocycles. The number of benzene rings is 2. The first kappa shape index (κ1) is 19.0. The molecule has 1 aliphatic rings. The van der Waals surface area contributed by atoms with Crippen molar-refractivity contribution in [1.82, 2.24) is 5.32 Å². The van der Waals surface area contributed by atoms with Crippen LogP contribution < -0.4 is 10.1 Å². The van der Waals surface area contributed by atoms with Gasteiger partial charge in [-0.15, -0.1) is 0 Å². The SMILES string of the molecule is O=C(COC(=O)COc1ccccc1Cc1ccccc1)NC1CCCC1. The molecular weight excluding hydrogens is 342 g/mol. The zero-order valence-electron chi connectivity index (χ0n) is 15.4. The van der Waals surface area contributed by atoms with Crippen molar-refractivity contribution in [3.8, 4) is 5.75 Å². The molecule has 2 aromatic carbocycles. The maximum atomic E-state index is 11.9. The zero-order chi connectivity index (χ0) is 18.9. The molecule has 3 rings (SSSR count). The Balaban J connectivity index is 1.45. The molecule has 2 aromatic rings. The van der Waals surface area contributed by atoms with Crippen LogP contribution in [-0.2, 0) is 20.7 Å². The molecule has 1 saturated carbocycles. The number of para-hydroxylation sites is 1. The van der Waals surface area contributed by atoms with Crippen molar-refractivity contribution in [1.29, 1.82) is 0 Å². The second kappa shape index (κ2) is 9.76. The highest BCUT2D eigenvalue weighted by Gasteiger charge is 2.18. The van der Waals surface area contributed by atoms with Crippen molar-refractivity contribution in [3.63, 3.8) is 0 Å². The summed E-state index contributed by atoms with van der Waals surface area (Å²) in [6.45, 7) is -0.479. The van der Waals surface area contributed by atoms with E-state index in [1.165, 1.54) is 5.56 Å². The summed E-state index contributed by atoms with van der Waals surface area (Å²) in [7, 11) is 0. The topological polar surface area (TPSA) is 64.6 Å². The van der Waals surface area contributed by atoms with Crippen LogP contribution in [0.15, 0.2) is 54.6 Å². The molecule has 0 radical (unpaired) electrons. The van der Waals surface area contributed by atoms with Crippen molar-refractivity contribution >= 4 is 11.9 Å². The maximum absolute atomic E-state index is 11.9. The van der Waals surface area contributed by atoms with Crippen LogP contribution in [0.3, 0.4) is 0 Å². The Morgan fingerprint density at radius 1 is 0.926 bits per heavy atom. The molecule has 5 nitrogen and oxygen atoms in total. The molecule has 1 N–H and O–H groups in total. The smallest absolute Gasteiger partial charge is 0.344 e. The number of rotatable bonds is 8. The van der Waals surface area contributed by atoms with E-state index in [-0.39, 0.29) is 25.2 Å². The minimum absolute atomic E-state index is 0.220. The van der Waals surface area contributed by atoms with Gasteiger partial charge in [-0.3, -0.25) is 4.79 Å². The van der Waals surface area contributed by atoms with Crippen LogP contribution in [0.4, 0.5) is 0 Å². The van der Waals surface area contributed by atoms with E-state index in [0.29, 0.717) is 5.75 Å². The fourth-order valence-corrected chi connectivity index (χ4v) is 3.27. The van der Waals surface area contributed by atoms with Crippen LogP contribution in [0.25, 0.3) is 0 Å². The fourth-order valence-electron chi connectivity index (χ4n) is 3.27. The Kier molecular flexibility index (Phi) is 6.85. The summed E-state index contributed by atoms with van der Waals surface area (Å²) in [5.74, 6) is -0.153. The van der Waals surface area contributed by atoms with Gasteiger partial charge in [-0.1, -0.05) is 61.4 Å². The Morgan fingerprint density at radius 2 is 1.63 bits per heavy atom. The van der Waals surface area contributed by atoms with Crippen molar-refractivity contribution in [2.75, 3.05) is 13.2 Å². The van der Waals surface area contributed by atoms with Crippen molar-refractivity contribution in [2.24, 2.45) is 0 Å². The van der Waals surface area contributed by atoms with E-state index in [2.05, 4.69) is 5.32 Å². The van der Waals surface area contributed by atoms with Gasteiger partial charge >= 0.3 is 5.97 Å². The monoisotopic (exact) mass is 367 g/mol. The van der Waals surface area contributed by atoms with Gasteiger partial charge in [-0.05, 0) is 30.0 Å². The standard InChI is InChI=1S/C22H25NO4/c24-21(23-19-11-5-6-12-19)15-27-22(25)16-26-20-13-7-4-10-18(20)14-17-8-2-1-3-9-17/h1-4,7-10,13,19H,5-6,11-12,14-16H2,(H,23,24). The summed E-state index contributed by atoms with van der Waals surface area (Å²) in [4.78, 5) is 23.7. The summed E-state index contributed by atoms with van der Waals surface area (Å²) in [6, 6.07) is 17.9. The van der Waals surface area contributed by atoms with Gasteiger partial charge in [0.2, 0.25) is 0 Å². The number of nitrogens with one attached hydrogen (secondary N) is 1. The third-order valence-corrected chi connectivity index (χ3v) is 4.64. The molecule has 1 amide bonds. The van der Waals surface area contributed by atoms with E-state index in [4.69, 9.17) is 9.47 Å². The van der Waals surface area contributed by atoms with Gasteiger partial charge < -0.3 is 14.8 Å². The van der Waals surface area contributed by atoms with Crippen LogP contribution in [-0.4, -0.2) is 31.1 Å². The first-order valence-electron chi connectivity index (χ1n) is 9.40. The molecule has 0 aromatic heterocycles. The number of carbonyl (C=O) groups excluding carboxylic acids is 2. The third kappa shape index (κ3) is 6.13. The molecule has 1 aliphatic carbocycles. The molecule has 0 spiro atoms. The molecular formula is C22H25NO4.